The number of hydrogen-bond donors (Lipinski definition) is 0. The standard InChI is InChI=1S/C22H26BCl/c24-23(21-15-7-13-19(21)17-9-3-1-4-10-17)22-16-8-14-20(22)18-11-5-2-6-12-18/h1-6,9-12,19-22H,7-8,13-16H2/t19-,20-,21+,22+/m1/s1. The first-order valence-electron chi connectivity index (χ1n) is 9.58. The van der Waals surface area contributed by atoms with Crippen LogP contribution in [0.15, 0.2) is 60.7 Å². The van der Waals surface area contributed by atoms with E-state index in [1.807, 2.05) is 0 Å². The van der Waals surface area contributed by atoms with Crippen molar-refractivity contribution in [2.24, 2.45) is 0 Å². The summed E-state index contributed by atoms with van der Waals surface area (Å²) in [5.41, 5.74) is 3.00. The first kappa shape index (κ1) is 16.3. The normalized spacial score (nSPS) is 29.7. The van der Waals surface area contributed by atoms with Crippen molar-refractivity contribution < 1.29 is 0 Å². The highest BCUT2D eigenvalue weighted by molar-refractivity contribution is 7.08. The topological polar surface area (TPSA) is 0 Å². The molecule has 124 valence electrons. The molecular weight excluding hydrogens is 311 g/mol. The minimum atomic E-state index is 0.311. The second-order valence-corrected chi connectivity index (χ2v) is 8.17. The van der Waals surface area contributed by atoms with Crippen molar-refractivity contribution in [3.63, 3.8) is 0 Å². The molecular formula is C22H26BCl. The maximum atomic E-state index is 7.18. The zero-order valence-corrected chi connectivity index (χ0v) is 15.0. The van der Waals surface area contributed by atoms with Gasteiger partial charge in [0.05, 0.1) is 0 Å². The van der Waals surface area contributed by atoms with Crippen LogP contribution in [0.5, 0.6) is 0 Å². The zero-order valence-electron chi connectivity index (χ0n) is 14.3. The van der Waals surface area contributed by atoms with Crippen LogP contribution in [0.3, 0.4) is 0 Å². The van der Waals surface area contributed by atoms with Gasteiger partial charge in [0.15, 0.2) is 0 Å². The van der Waals surface area contributed by atoms with Gasteiger partial charge in [-0.25, -0.2) is 0 Å². The second kappa shape index (κ2) is 7.36. The molecule has 0 bridgehead atoms. The van der Waals surface area contributed by atoms with Gasteiger partial charge in [-0.15, -0.1) is 0 Å². The van der Waals surface area contributed by atoms with E-state index in [2.05, 4.69) is 60.7 Å². The summed E-state index contributed by atoms with van der Waals surface area (Å²) in [7, 11) is 0. The Kier molecular flexibility index (Phi) is 4.99. The highest BCUT2D eigenvalue weighted by atomic mass is 35.5. The van der Waals surface area contributed by atoms with Crippen LogP contribution in [0.4, 0.5) is 0 Å². The molecule has 0 saturated heterocycles. The van der Waals surface area contributed by atoms with Crippen molar-refractivity contribution in [1.82, 2.24) is 0 Å². The molecule has 2 aliphatic carbocycles. The maximum absolute atomic E-state index is 7.18. The van der Waals surface area contributed by atoms with Gasteiger partial charge in [-0.2, -0.15) is 11.5 Å². The molecule has 0 aliphatic heterocycles. The molecule has 2 saturated carbocycles. The summed E-state index contributed by atoms with van der Waals surface area (Å²) in [6, 6.07) is 22.2. The number of hydrogen-bond acceptors (Lipinski definition) is 0. The zero-order chi connectivity index (χ0) is 16.4. The molecule has 4 rings (SSSR count). The fourth-order valence-corrected chi connectivity index (χ4v) is 5.89. The van der Waals surface area contributed by atoms with Gasteiger partial charge in [0, 0.05) is 0 Å². The Hall–Kier alpha value is -1.21. The summed E-state index contributed by atoms with van der Waals surface area (Å²) in [6.45, 7) is 0. The Morgan fingerprint density at radius 3 is 1.46 bits per heavy atom. The summed E-state index contributed by atoms with van der Waals surface area (Å²) >= 11 is 7.18. The lowest BCUT2D eigenvalue weighted by Gasteiger charge is -2.30. The molecule has 0 N–H and O–H groups in total. The summed E-state index contributed by atoms with van der Waals surface area (Å²) in [4.78, 5) is 0. The Bertz CT molecular complexity index is 584. The molecule has 2 aromatic rings. The van der Waals surface area contributed by atoms with Gasteiger partial charge in [-0.05, 0) is 47.4 Å². The van der Waals surface area contributed by atoms with Crippen molar-refractivity contribution >= 4 is 17.6 Å². The van der Waals surface area contributed by atoms with Gasteiger partial charge in [0.1, 0.15) is 0 Å². The third kappa shape index (κ3) is 3.16. The van der Waals surface area contributed by atoms with Crippen LogP contribution in [0.2, 0.25) is 11.6 Å². The molecule has 0 radical (unpaired) electrons. The highest BCUT2D eigenvalue weighted by Crippen LogP contribution is 2.55. The van der Waals surface area contributed by atoms with Gasteiger partial charge in [-0.1, -0.05) is 86.3 Å². The van der Waals surface area contributed by atoms with Crippen LogP contribution >= 0.6 is 11.5 Å². The Labute approximate surface area is 151 Å². The monoisotopic (exact) mass is 336 g/mol. The molecule has 2 heteroatoms. The average Bonchev–Trinajstić information content (AvgIpc) is 3.32. The molecule has 24 heavy (non-hydrogen) atoms. The van der Waals surface area contributed by atoms with Crippen LogP contribution in [0, 0.1) is 0 Å². The molecule has 4 atom stereocenters. The van der Waals surface area contributed by atoms with Crippen molar-refractivity contribution in [3.8, 4) is 0 Å². The molecule has 0 aromatic heterocycles. The van der Waals surface area contributed by atoms with Crippen LogP contribution in [0.25, 0.3) is 0 Å². The quantitative estimate of drug-likeness (QED) is 0.533. The van der Waals surface area contributed by atoms with E-state index < -0.39 is 0 Å². The van der Waals surface area contributed by atoms with E-state index in [1.165, 1.54) is 49.7 Å². The number of halogens is 1. The predicted octanol–water partition coefficient (Wildman–Crippen LogP) is 6.89. The molecule has 0 unspecified atom stereocenters. The van der Waals surface area contributed by atoms with E-state index in [9.17, 15) is 0 Å². The largest absolute Gasteiger partial charge is 0.258 e. The molecule has 2 aromatic carbocycles. The summed E-state index contributed by atoms with van der Waals surface area (Å²) < 4.78 is 0. The summed E-state index contributed by atoms with van der Waals surface area (Å²) in [5.74, 6) is 2.60. The molecule has 0 heterocycles. The van der Waals surface area contributed by atoms with E-state index in [-0.39, 0.29) is 0 Å². The van der Waals surface area contributed by atoms with Crippen molar-refractivity contribution in [2.45, 2.75) is 62.0 Å². The third-order valence-corrected chi connectivity index (χ3v) is 7.06. The lowest BCUT2D eigenvalue weighted by atomic mass is 9.47. The third-order valence-electron chi connectivity index (χ3n) is 6.41. The number of rotatable bonds is 4. The molecule has 2 aliphatic rings. The number of benzene rings is 2. The van der Waals surface area contributed by atoms with E-state index in [1.54, 1.807) is 0 Å². The van der Waals surface area contributed by atoms with Crippen LogP contribution in [-0.2, 0) is 0 Å². The smallest absolute Gasteiger partial charge is 0.195 e. The van der Waals surface area contributed by atoms with E-state index in [4.69, 9.17) is 11.5 Å². The Morgan fingerprint density at radius 1 is 0.625 bits per heavy atom. The van der Waals surface area contributed by atoms with Crippen molar-refractivity contribution in [3.05, 3.63) is 71.8 Å². The van der Waals surface area contributed by atoms with Crippen LogP contribution in [-0.4, -0.2) is 6.13 Å². The maximum Gasteiger partial charge on any atom is 0.258 e. The first-order valence-corrected chi connectivity index (χ1v) is 10.0. The molecule has 0 amide bonds. The fourth-order valence-electron chi connectivity index (χ4n) is 5.29. The molecule has 2 fully saturated rings. The Morgan fingerprint density at radius 2 is 1.04 bits per heavy atom. The minimum absolute atomic E-state index is 0.311. The van der Waals surface area contributed by atoms with Crippen molar-refractivity contribution in [1.29, 1.82) is 0 Å². The van der Waals surface area contributed by atoms with Gasteiger partial charge >= 0.3 is 0 Å². The van der Waals surface area contributed by atoms with Crippen LogP contribution < -0.4 is 0 Å². The summed E-state index contributed by atoms with van der Waals surface area (Å²) in [6.07, 6.45) is 8.18. The predicted molar refractivity (Wildman–Crippen MR) is 105 cm³/mol. The SMILES string of the molecule is ClB([C@H]1CCC[C@@H]1c1ccccc1)[C@H]1CCC[C@@H]1c1ccccc1. The lowest BCUT2D eigenvalue weighted by Crippen LogP contribution is -2.25. The fraction of sp³-hybridized carbons (Fsp3) is 0.455. The summed E-state index contributed by atoms with van der Waals surface area (Å²) in [5, 5.41) is 0. The van der Waals surface area contributed by atoms with E-state index in [0.29, 0.717) is 29.6 Å². The van der Waals surface area contributed by atoms with E-state index >= 15 is 0 Å². The Balaban J connectivity index is 1.55. The molecule has 0 nitrogen and oxygen atoms in total. The highest BCUT2D eigenvalue weighted by Gasteiger charge is 2.44. The average molecular weight is 337 g/mol. The molecule has 0 spiro atoms. The minimum Gasteiger partial charge on any atom is -0.195 e. The second-order valence-electron chi connectivity index (χ2n) is 7.67. The van der Waals surface area contributed by atoms with Crippen molar-refractivity contribution in [2.75, 3.05) is 0 Å². The van der Waals surface area contributed by atoms with Gasteiger partial charge in [-0.3, -0.25) is 0 Å². The van der Waals surface area contributed by atoms with E-state index in [0.717, 1.165) is 0 Å². The van der Waals surface area contributed by atoms with Gasteiger partial charge < -0.3 is 0 Å². The van der Waals surface area contributed by atoms with Crippen LogP contribution in [0.1, 0.15) is 61.5 Å². The van der Waals surface area contributed by atoms with Gasteiger partial charge in [0.25, 0.3) is 6.13 Å². The lowest BCUT2D eigenvalue weighted by molar-refractivity contribution is 0.667. The van der Waals surface area contributed by atoms with Gasteiger partial charge in [0.2, 0.25) is 0 Å². The first-order chi connectivity index (χ1) is 11.8.